The van der Waals surface area contributed by atoms with E-state index in [1.165, 1.54) is 23.3 Å². The van der Waals surface area contributed by atoms with Gasteiger partial charge in [-0.25, -0.2) is 0 Å². The third-order valence-corrected chi connectivity index (χ3v) is 4.51. The molecule has 1 aromatic heterocycles. The second kappa shape index (κ2) is 6.04. The zero-order valence-corrected chi connectivity index (χ0v) is 12.1. The van der Waals surface area contributed by atoms with Crippen LogP contribution < -0.4 is 5.32 Å². The average Bonchev–Trinajstić information content (AvgIpc) is 3.09. The van der Waals surface area contributed by atoms with E-state index in [1.54, 1.807) is 18.0 Å². The van der Waals surface area contributed by atoms with E-state index in [0.29, 0.717) is 6.04 Å². The minimum absolute atomic E-state index is 0.712. The van der Waals surface area contributed by atoms with Crippen molar-refractivity contribution >= 4 is 23.4 Å². The fraction of sp³-hybridized carbons (Fsp3) is 0.333. The molecule has 0 bridgehead atoms. The molecular formula is C15H16ClNOS. The largest absolute Gasteiger partial charge is 0.468 e. The Labute approximate surface area is 122 Å². The van der Waals surface area contributed by atoms with Crippen LogP contribution in [0.5, 0.6) is 0 Å². The average molecular weight is 294 g/mol. The molecule has 0 atom stereocenters. The number of benzene rings is 1. The van der Waals surface area contributed by atoms with Crippen molar-refractivity contribution in [1.29, 1.82) is 0 Å². The summed E-state index contributed by atoms with van der Waals surface area (Å²) in [5.74, 6) is 1.82. The SMILES string of the molecule is Clc1cc(SCc2ccco2)ccc1CNC1CC1. The van der Waals surface area contributed by atoms with Gasteiger partial charge in [0, 0.05) is 22.5 Å². The first-order valence-electron chi connectivity index (χ1n) is 6.48. The molecule has 2 nitrogen and oxygen atoms in total. The van der Waals surface area contributed by atoms with Gasteiger partial charge in [-0.05, 0) is 42.7 Å². The van der Waals surface area contributed by atoms with Crippen molar-refractivity contribution < 1.29 is 4.42 Å². The van der Waals surface area contributed by atoms with E-state index in [9.17, 15) is 0 Å². The lowest BCUT2D eigenvalue weighted by atomic mass is 10.2. The Kier molecular flexibility index (Phi) is 4.16. The summed E-state index contributed by atoms with van der Waals surface area (Å²) in [6.45, 7) is 0.868. The van der Waals surface area contributed by atoms with Crippen molar-refractivity contribution in [3.8, 4) is 0 Å². The molecule has 1 saturated carbocycles. The van der Waals surface area contributed by atoms with Crippen LogP contribution in [0.1, 0.15) is 24.2 Å². The zero-order chi connectivity index (χ0) is 13.1. The van der Waals surface area contributed by atoms with Gasteiger partial charge in [0.05, 0.1) is 12.0 Å². The van der Waals surface area contributed by atoms with Crippen LogP contribution in [0.3, 0.4) is 0 Å². The smallest absolute Gasteiger partial charge is 0.113 e. The third kappa shape index (κ3) is 3.78. The van der Waals surface area contributed by atoms with Crippen molar-refractivity contribution in [2.75, 3.05) is 0 Å². The quantitative estimate of drug-likeness (QED) is 0.795. The standard InChI is InChI=1S/C15H16ClNOS/c16-15-8-14(19-10-13-2-1-7-18-13)6-3-11(15)9-17-12-4-5-12/h1-3,6-8,12,17H,4-5,9-10H2. The molecule has 0 spiro atoms. The molecule has 100 valence electrons. The van der Waals surface area contributed by atoms with Gasteiger partial charge in [-0.15, -0.1) is 11.8 Å². The highest BCUT2D eigenvalue weighted by atomic mass is 35.5. The number of hydrogen-bond donors (Lipinski definition) is 1. The lowest BCUT2D eigenvalue weighted by Crippen LogP contribution is -2.15. The fourth-order valence-electron chi connectivity index (χ4n) is 1.85. The number of rotatable bonds is 6. The van der Waals surface area contributed by atoms with E-state index in [2.05, 4.69) is 17.4 Å². The molecule has 1 fully saturated rings. The second-order valence-corrected chi connectivity index (χ2v) is 6.23. The van der Waals surface area contributed by atoms with Gasteiger partial charge in [0.15, 0.2) is 0 Å². The first-order chi connectivity index (χ1) is 9.31. The molecule has 1 aliphatic rings. The molecule has 1 aliphatic carbocycles. The summed E-state index contributed by atoms with van der Waals surface area (Å²) in [7, 11) is 0. The molecule has 1 N–H and O–H groups in total. The molecule has 1 aromatic carbocycles. The Morgan fingerprint density at radius 1 is 1.32 bits per heavy atom. The van der Waals surface area contributed by atoms with E-state index in [4.69, 9.17) is 16.0 Å². The van der Waals surface area contributed by atoms with E-state index < -0.39 is 0 Å². The predicted molar refractivity (Wildman–Crippen MR) is 79.6 cm³/mol. The van der Waals surface area contributed by atoms with Crippen LogP contribution in [-0.4, -0.2) is 6.04 Å². The lowest BCUT2D eigenvalue weighted by molar-refractivity contribution is 0.530. The molecule has 2 aromatic rings. The van der Waals surface area contributed by atoms with Gasteiger partial charge in [-0.2, -0.15) is 0 Å². The highest BCUT2D eigenvalue weighted by Gasteiger charge is 2.20. The molecule has 0 aliphatic heterocycles. The molecule has 4 heteroatoms. The third-order valence-electron chi connectivity index (χ3n) is 3.14. The van der Waals surface area contributed by atoms with E-state index in [-0.39, 0.29) is 0 Å². The molecule has 3 rings (SSSR count). The van der Waals surface area contributed by atoms with Gasteiger partial charge in [-0.3, -0.25) is 0 Å². The molecule has 0 unspecified atom stereocenters. The number of furan rings is 1. The highest BCUT2D eigenvalue weighted by Crippen LogP contribution is 2.28. The molecular weight excluding hydrogens is 278 g/mol. The van der Waals surface area contributed by atoms with Gasteiger partial charge in [0.2, 0.25) is 0 Å². The van der Waals surface area contributed by atoms with Gasteiger partial charge < -0.3 is 9.73 Å². The number of halogens is 1. The number of thioether (sulfide) groups is 1. The van der Waals surface area contributed by atoms with Crippen LogP contribution in [0.25, 0.3) is 0 Å². The summed E-state index contributed by atoms with van der Waals surface area (Å²) in [5.41, 5.74) is 1.18. The topological polar surface area (TPSA) is 25.2 Å². The predicted octanol–water partition coefficient (Wildman–Crippen LogP) is 4.48. The van der Waals surface area contributed by atoms with Gasteiger partial charge in [-0.1, -0.05) is 17.7 Å². The van der Waals surface area contributed by atoms with Gasteiger partial charge in [0.1, 0.15) is 5.76 Å². The van der Waals surface area contributed by atoms with Crippen LogP contribution in [0.15, 0.2) is 45.9 Å². The Hall–Kier alpha value is -0.900. The van der Waals surface area contributed by atoms with E-state index in [1.807, 2.05) is 18.2 Å². The van der Waals surface area contributed by atoms with E-state index >= 15 is 0 Å². The Morgan fingerprint density at radius 2 is 2.21 bits per heavy atom. The number of nitrogens with one attached hydrogen (secondary N) is 1. The number of hydrogen-bond acceptors (Lipinski definition) is 3. The van der Waals surface area contributed by atoms with Crippen molar-refractivity contribution in [2.45, 2.75) is 36.1 Å². The summed E-state index contributed by atoms with van der Waals surface area (Å²) in [5, 5.41) is 4.33. The molecule has 1 heterocycles. The monoisotopic (exact) mass is 293 g/mol. The van der Waals surface area contributed by atoms with Gasteiger partial charge in [0.25, 0.3) is 0 Å². The zero-order valence-electron chi connectivity index (χ0n) is 10.6. The van der Waals surface area contributed by atoms with Crippen molar-refractivity contribution in [3.63, 3.8) is 0 Å². The van der Waals surface area contributed by atoms with Crippen molar-refractivity contribution in [2.24, 2.45) is 0 Å². The summed E-state index contributed by atoms with van der Waals surface area (Å²) in [4.78, 5) is 1.18. The molecule has 0 radical (unpaired) electrons. The minimum atomic E-state index is 0.712. The van der Waals surface area contributed by atoms with Crippen LogP contribution in [-0.2, 0) is 12.3 Å². The van der Waals surface area contributed by atoms with Crippen LogP contribution in [0.4, 0.5) is 0 Å². The first kappa shape index (κ1) is 13.1. The second-order valence-electron chi connectivity index (χ2n) is 4.78. The van der Waals surface area contributed by atoms with Crippen molar-refractivity contribution in [1.82, 2.24) is 5.32 Å². The lowest BCUT2D eigenvalue weighted by Gasteiger charge is -2.07. The van der Waals surface area contributed by atoms with E-state index in [0.717, 1.165) is 23.1 Å². The normalized spacial score (nSPS) is 14.8. The maximum Gasteiger partial charge on any atom is 0.113 e. The Morgan fingerprint density at radius 3 is 2.89 bits per heavy atom. The van der Waals surface area contributed by atoms with Crippen LogP contribution in [0, 0.1) is 0 Å². The molecule has 19 heavy (non-hydrogen) atoms. The molecule has 0 saturated heterocycles. The summed E-state index contributed by atoms with van der Waals surface area (Å²) >= 11 is 8.06. The highest BCUT2D eigenvalue weighted by molar-refractivity contribution is 7.98. The molecule has 0 amide bonds. The Bertz CT molecular complexity index is 537. The summed E-state index contributed by atoms with van der Waals surface area (Å²) < 4.78 is 5.32. The minimum Gasteiger partial charge on any atom is -0.468 e. The fourth-order valence-corrected chi connectivity index (χ4v) is 3.00. The Balaban J connectivity index is 1.58. The summed E-state index contributed by atoms with van der Waals surface area (Å²) in [6, 6.07) is 10.9. The van der Waals surface area contributed by atoms with Crippen LogP contribution >= 0.6 is 23.4 Å². The maximum absolute atomic E-state index is 6.32. The maximum atomic E-state index is 6.32. The van der Waals surface area contributed by atoms with Gasteiger partial charge >= 0.3 is 0 Å². The van der Waals surface area contributed by atoms with Crippen LogP contribution in [0.2, 0.25) is 5.02 Å². The van der Waals surface area contributed by atoms with Crippen molar-refractivity contribution in [3.05, 3.63) is 52.9 Å². The summed E-state index contributed by atoms with van der Waals surface area (Å²) in [6.07, 6.45) is 4.30. The first-order valence-corrected chi connectivity index (χ1v) is 7.84.